The summed E-state index contributed by atoms with van der Waals surface area (Å²) in [6, 6.07) is 8.97. The number of nitrogens with zero attached hydrogens (tertiary/aromatic N) is 1. The van der Waals surface area contributed by atoms with Crippen LogP contribution in [0.4, 0.5) is 0 Å². The summed E-state index contributed by atoms with van der Waals surface area (Å²) in [7, 11) is 1.60. The lowest BCUT2D eigenvalue weighted by molar-refractivity contribution is -0.149. The Balaban J connectivity index is 1.54. The molecule has 174 valence electrons. The lowest BCUT2D eigenvalue weighted by Gasteiger charge is -2.31. The molecule has 1 saturated heterocycles. The number of aromatic hydroxyl groups is 1. The third-order valence-corrected chi connectivity index (χ3v) is 6.22. The highest BCUT2D eigenvalue weighted by Crippen LogP contribution is 2.42. The molecule has 2 aliphatic rings. The van der Waals surface area contributed by atoms with E-state index in [2.05, 4.69) is 4.90 Å². The second-order valence-corrected chi connectivity index (χ2v) is 8.41. The number of allylic oxidation sites excluding steroid dienone is 1. The number of piperidine rings is 1. The van der Waals surface area contributed by atoms with E-state index < -0.39 is 0 Å². The summed E-state index contributed by atoms with van der Waals surface area (Å²) in [5.74, 6) is 1.07. The maximum atomic E-state index is 13.1. The molecule has 0 bridgehead atoms. The zero-order chi connectivity index (χ0) is 23.5. The predicted octanol–water partition coefficient (Wildman–Crippen LogP) is 4.10. The maximum absolute atomic E-state index is 13.1. The number of aryl methyl sites for hydroxylation is 1. The second kappa shape index (κ2) is 9.67. The number of methoxy groups -OCH3 is 1. The molecule has 0 spiro atoms. The number of carbonyl (C=O) groups is 2. The topological polar surface area (TPSA) is 85.3 Å². The van der Waals surface area contributed by atoms with Gasteiger partial charge in [0, 0.05) is 6.54 Å². The molecule has 1 N–H and O–H groups in total. The number of rotatable bonds is 6. The minimum atomic E-state index is -0.194. The number of esters is 1. The van der Waals surface area contributed by atoms with Crippen molar-refractivity contribution >= 4 is 17.8 Å². The van der Waals surface area contributed by atoms with E-state index in [1.165, 1.54) is 0 Å². The van der Waals surface area contributed by atoms with Crippen LogP contribution in [-0.2, 0) is 16.1 Å². The first-order chi connectivity index (χ1) is 15.9. The molecular formula is C26H29NO6. The molecule has 7 nitrogen and oxygen atoms in total. The number of hydrogen-bond acceptors (Lipinski definition) is 7. The Kier molecular flexibility index (Phi) is 6.70. The van der Waals surface area contributed by atoms with Crippen molar-refractivity contribution in [2.24, 2.45) is 5.92 Å². The fourth-order valence-electron chi connectivity index (χ4n) is 4.39. The number of phenols is 1. The number of fused-ring (bicyclic) bond motifs is 1. The summed E-state index contributed by atoms with van der Waals surface area (Å²) in [6.07, 6.45) is 3.11. The molecule has 2 aliphatic heterocycles. The van der Waals surface area contributed by atoms with Gasteiger partial charge < -0.3 is 19.3 Å². The Morgan fingerprint density at radius 1 is 1.24 bits per heavy atom. The lowest BCUT2D eigenvalue weighted by atomic mass is 9.95. The van der Waals surface area contributed by atoms with Crippen molar-refractivity contribution < 1.29 is 28.9 Å². The smallest absolute Gasteiger partial charge is 0.309 e. The fraction of sp³-hybridized carbons (Fsp3) is 0.385. The molecule has 2 aromatic rings. The Bertz CT molecular complexity index is 1080. The molecule has 0 atom stereocenters. The van der Waals surface area contributed by atoms with Gasteiger partial charge in [0.05, 0.1) is 30.8 Å². The van der Waals surface area contributed by atoms with E-state index >= 15 is 0 Å². The van der Waals surface area contributed by atoms with E-state index in [9.17, 15) is 14.7 Å². The van der Waals surface area contributed by atoms with Crippen LogP contribution in [0.5, 0.6) is 17.2 Å². The number of hydrogen-bond donors (Lipinski definition) is 1. The molecule has 2 aromatic carbocycles. The summed E-state index contributed by atoms with van der Waals surface area (Å²) >= 11 is 0. The van der Waals surface area contributed by atoms with E-state index in [0.717, 1.165) is 11.3 Å². The SMILES string of the molecule is CCOC(=O)C1CCN(Cc2c(O)cc(C)c3c2O/C(=C/c2ccc(OC)cc2)C3=O)CC1. The average molecular weight is 452 g/mol. The standard InChI is InChI=1S/C26H29NO6/c1-4-32-26(30)18-9-11-27(12-10-18)15-20-21(28)13-16(2)23-24(29)22(33-25(20)23)14-17-5-7-19(31-3)8-6-17/h5-8,13-14,18,28H,4,9-12,15H2,1-3H3/b22-14+. The molecule has 4 rings (SSSR count). The van der Waals surface area contributed by atoms with Crippen LogP contribution in [0.25, 0.3) is 6.08 Å². The third kappa shape index (κ3) is 4.73. The van der Waals surface area contributed by atoms with Crippen molar-refractivity contribution in [3.8, 4) is 17.2 Å². The van der Waals surface area contributed by atoms with Crippen molar-refractivity contribution in [3.05, 3.63) is 58.3 Å². The van der Waals surface area contributed by atoms with E-state index in [1.54, 1.807) is 26.2 Å². The van der Waals surface area contributed by atoms with Gasteiger partial charge in [-0.25, -0.2) is 0 Å². The summed E-state index contributed by atoms with van der Waals surface area (Å²) in [6.45, 7) is 5.84. The van der Waals surface area contributed by atoms with Crippen molar-refractivity contribution in [1.29, 1.82) is 0 Å². The fourth-order valence-corrected chi connectivity index (χ4v) is 4.39. The molecule has 2 heterocycles. The van der Waals surface area contributed by atoms with E-state index in [1.807, 2.05) is 31.2 Å². The monoisotopic (exact) mass is 451 g/mol. The number of carbonyl (C=O) groups excluding carboxylic acids is 2. The van der Waals surface area contributed by atoms with E-state index in [0.29, 0.717) is 61.5 Å². The van der Waals surface area contributed by atoms with Gasteiger partial charge in [-0.05, 0) is 75.2 Å². The molecule has 0 unspecified atom stereocenters. The summed E-state index contributed by atoms with van der Waals surface area (Å²) in [4.78, 5) is 27.3. The normalized spacial score (nSPS) is 17.7. The van der Waals surface area contributed by atoms with Gasteiger partial charge in [0.15, 0.2) is 5.76 Å². The number of ether oxygens (including phenoxy) is 3. The maximum Gasteiger partial charge on any atom is 0.309 e. The van der Waals surface area contributed by atoms with Gasteiger partial charge in [-0.1, -0.05) is 12.1 Å². The van der Waals surface area contributed by atoms with Crippen LogP contribution in [0.15, 0.2) is 36.1 Å². The van der Waals surface area contributed by atoms with Crippen LogP contribution >= 0.6 is 0 Å². The van der Waals surface area contributed by atoms with Crippen LogP contribution in [0.2, 0.25) is 0 Å². The summed E-state index contributed by atoms with van der Waals surface area (Å²) in [5.41, 5.74) is 2.58. The molecule has 0 amide bonds. The zero-order valence-corrected chi connectivity index (χ0v) is 19.2. The van der Waals surface area contributed by atoms with Crippen LogP contribution < -0.4 is 9.47 Å². The molecule has 0 saturated carbocycles. The largest absolute Gasteiger partial charge is 0.507 e. The van der Waals surface area contributed by atoms with Gasteiger partial charge in [-0.3, -0.25) is 14.5 Å². The molecule has 0 aliphatic carbocycles. The molecule has 0 radical (unpaired) electrons. The Morgan fingerprint density at radius 3 is 2.58 bits per heavy atom. The van der Waals surface area contributed by atoms with Gasteiger partial charge in [0.2, 0.25) is 5.78 Å². The average Bonchev–Trinajstić information content (AvgIpc) is 3.14. The molecule has 0 aromatic heterocycles. The van der Waals surface area contributed by atoms with Crippen LogP contribution in [-0.4, -0.2) is 48.6 Å². The predicted molar refractivity (Wildman–Crippen MR) is 123 cm³/mol. The van der Waals surface area contributed by atoms with Crippen LogP contribution in [0, 0.1) is 12.8 Å². The molecule has 33 heavy (non-hydrogen) atoms. The summed E-state index contributed by atoms with van der Waals surface area (Å²) in [5, 5.41) is 10.7. The van der Waals surface area contributed by atoms with Gasteiger partial charge in [-0.15, -0.1) is 0 Å². The quantitative estimate of drug-likeness (QED) is 0.523. The first-order valence-electron chi connectivity index (χ1n) is 11.2. The molecule has 7 heteroatoms. The molecule has 1 fully saturated rings. The highest BCUT2D eigenvalue weighted by molar-refractivity contribution is 6.15. The van der Waals surface area contributed by atoms with Crippen LogP contribution in [0.3, 0.4) is 0 Å². The van der Waals surface area contributed by atoms with E-state index in [4.69, 9.17) is 14.2 Å². The van der Waals surface area contributed by atoms with Crippen LogP contribution in [0.1, 0.15) is 46.8 Å². The van der Waals surface area contributed by atoms with Crippen molar-refractivity contribution in [2.75, 3.05) is 26.8 Å². The zero-order valence-electron chi connectivity index (χ0n) is 19.2. The highest BCUT2D eigenvalue weighted by Gasteiger charge is 2.34. The number of benzene rings is 2. The minimum absolute atomic E-state index is 0.0876. The van der Waals surface area contributed by atoms with Crippen molar-refractivity contribution in [3.63, 3.8) is 0 Å². The third-order valence-electron chi connectivity index (χ3n) is 6.22. The van der Waals surface area contributed by atoms with Crippen molar-refractivity contribution in [2.45, 2.75) is 33.2 Å². The van der Waals surface area contributed by atoms with E-state index in [-0.39, 0.29) is 29.2 Å². The first-order valence-corrected chi connectivity index (χ1v) is 11.2. The first kappa shape index (κ1) is 22.9. The van der Waals surface area contributed by atoms with Gasteiger partial charge in [0.25, 0.3) is 0 Å². The number of likely N-dealkylation sites (tertiary alicyclic amines) is 1. The Labute approximate surface area is 193 Å². The Morgan fingerprint density at radius 2 is 1.94 bits per heavy atom. The van der Waals surface area contributed by atoms with Gasteiger partial charge in [-0.2, -0.15) is 0 Å². The Hall–Kier alpha value is -3.32. The second-order valence-electron chi connectivity index (χ2n) is 8.41. The van der Waals surface area contributed by atoms with Gasteiger partial charge in [0.1, 0.15) is 17.2 Å². The summed E-state index contributed by atoms with van der Waals surface area (Å²) < 4.78 is 16.4. The highest BCUT2D eigenvalue weighted by atomic mass is 16.5. The van der Waals surface area contributed by atoms with Crippen molar-refractivity contribution in [1.82, 2.24) is 4.90 Å². The lowest BCUT2D eigenvalue weighted by Crippen LogP contribution is -2.36. The molecular weight excluding hydrogens is 422 g/mol. The minimum Gasteiger partial charge on any atom is -0.507 e. The van der Waals surface area contributed by atoms with Gasteiger partial charge >= 0.3 is 5.97 Å². The number of Topliss-reactive ketones (excluding diaryl/α,β-unsaturated/α-hetero) is 1. The number of phenolic OH excluding ortho intramolecular Hbond substituents is 1. The number of ketones is 1.